The Morgan fingerprint density at radius 1 is 1.11 bits per heavy atom. The molecule has 2 aromatic carbocycles. The summed E-state index contributed by atoms with van der Waals surface area (Å²) in [5.74, 6) is 0.920. The van der Waals surface area contributed by atoms with E-state index in [0.29, 0.717) is 25.6 Å². The summed E-state index contributed by atoms with van der Waals surface area (Å²) in [5.41, 5.74) is 5.85. The number of aromatic hydroxyl groups is 2. The van der Waals surface area contributed by atoms with E-state index >= 15 is 0 Å². The van der Waals surface area contributed by atoms with E-state index in [0.717, 1.165) is 37.1 Å². The molecule has 1 saturated carbocycles. The molecule has 0 amide bonds. The number of carboxylic acid groups (broad SMARTS) is 1. The molecule has 196 valence electrons. The van der Waals surface area contributed by atoms with Gasteiger partial charge in [0.15, 0.2) is 11.8 Å². The zero-order valence-corrected chi connectivity index (χ0v) is 21.4. The lowest BCUT2D eigenvalue weighted by Crippen LogP contribution is -2.32. The second kappa shape index (κ2) is 10.9. The fraction of sp³-hybridized carbons (Fsp3) is 0.433. The zero-order chi connectivity index (χ0) is 25.9. The summed E-state index contributed by atoms with van der Waals surface area (Å²) in [6.45, 7) is 4.95. The van der Waals surface area contributed by atoms with Crippen LogP contribution in [-0.4, -0.2) is 43.9 Å². The van der Waals surface area contributed by atoms with Crippen LogP contribution in [-0.2, 0) is 30.7 Å². The summed E-state index contributed by atoms with van der Waals surface area (Å²) < 4.78 is 7.18. The first kappa shape index (κ1) is 25.2. The number of carbonyl (C=O) groups is 1. The van der Waals surface area contributed by atoms with E-state index in [-0.39, 0.29) is 24.2 Å². The summed E-state index contributed by atoms with van der Waals surface area (Å²) in [7, 11) is 0. The Bertz CT molecular complexity index is 1240. The topological polar surface area (TPSA) is 95.2 Å². The molecule has 2 heterocycles. The first-order valence-corrected chi connectivity index (χ1v) is 13.2. The van der Waals surface area contributed by atoms with Crippen molar-refractivity contribution in [2.24, 2.45) is 5.92 Å². The summed E-state index contributed by atoms with van der Waals surface area (Å²) in [5, 5.41) is 29.5. The van der Waals surface area contributed by atoms with E-state index < -0.39 is 5.97 Å². The van der Waals surface area contributed by atoms with Gasteiger partial charge in [-0.05, 0) is 72.4 Å². The molecule has 1 fully saturated rings. The Morgan fingerprint density at radius 3 is 2.59 bits per heavy atom. The minimum atomic E-state index is -0.783. The van der Waals surface area contributed by atoms with Gasteiger partial charge in [-0.15, -0.1) is 0 Å². The minimum absolute atomic E-state index is 0.0719. The zero-order valence-electron chi connectivity index (χ0n) is 21.4. The fourth-order valence-corrected chi connectivity index (χ4v) is 5.45. The second-order valence-electron chi connectivity index (χ2n) is 10.5. The molecule has 37 heavy (non-hydrogen) atoms. The Hall–Kier alpha value is -3.45. The molecule has 0 radical (unpaired) electrons. The Labute approximate surface area is 217 Å². The van der Waals surface area contributed by atoms with Crippen molar-refractivity contribution in [2.75, 3.05) is 13.2 Å². The van der Waals surface area contributed by atoms with Gasteiger partial charge in [0, 0.05) is 44.2 Å². The first-order valence-electron chi connectivity index (χ1n) is 13.2. The van der Waals surface area contributed by atoms with Gasteiger partial charge in [0.1, 0.15) is 5.75 Å². The average Bonchev–Trinajstić information content (AvgIpc) is 3.46. The number of rotatable bonds is 12. The molecule has 1 atom stereocenters. The van der Waals surface area contributed by atoms with Crippen LogP contribution in [0.15, 0.2) is 48.5 Å². The highest BCUT2D eigenvalue weighted by molar-refractivity contribution is 5.68. The van der Waals surface area contributed by atoms with Gasteiger partial charge in [0.05, 0.1) is 13.0 Å². The van der Waals surface area contributed by atoms with Crippen molar-refractivity contribution in [1.82, 2.24) is 9.47 Å². The van der Waals surface area contributed by atoms with Crippen LogP contribution in [0.4, 0.5) is 0 Å². The molecule has 2 aliphatic rings. The summed E-state index contributed by atoms with van der Waals surface area (Å²) in [4.78, 5) is 14.3. The first-order chi connectivity index (χ1) is 17.9. The van der Waals surface area contributed by atoms with Crippen molar-refractivity contribution >= 4 is 5.97 Å². The van der Waals surface area contributed by atoms with Gasteiger partial charge in [-0.1, -0.05) is 30.3 Å². The molecule has 3 N–H and O–H groups in total. The number of ether oxygens (including phenoxy) is 1. The average molecular weight is 505 g/mol. The molecular weight excluding hydrogens is 468 g/mol. The number of carboxylic acids is 1. The number of benzene rings is 2. The lowest BCUT2D eigenvalue weighted by Gasteiger charge is -2.32. The lowest BCUT2D eigenvalue weighted by atomic mass is 9.96. The van der Waals surface area contributed by atoms with Gasteiger partial charge in [-0.25, -0.2) is 0 Å². The molecule has 5 rings (SSSR count). The third kappa shape index (κ3) is 6.10. The van der Waals surface area contributed by atoms with Gasteiger partial charge < -0.3 is 20.1 Å². The second-order valence-corrected chi connectivity index (χ2v) is 10.5. The maximum atomic E-state index is 11.9. The van der Waals surface area contributed by atoms with Crippen molar-refractivity contribution in [1.29, 1.82) is 0 Å². The Kier molecular flexibility index (Phi) is 7.42. The largest absolute Gasteiger partial charge is 0.494 e. The molecule has 0 bridgehead atoms. The van der Waals surface area contributed by atoms with Crippen LogP contribution in [0.1, 0.15) is 59.5 Å². The molecule has 3 aromatic rings. The van der Waals surface area contributed by atoms with Crippen molar-refractivity contribution in [3.8, 4) is 17.5 Å². The SMILES string of the molecule is Cc1cc(CN(CC2CC2)C(CC(=O)O)c2ccc3c(c2)CCO3)ccc1CCCn1c(O)ccc1O. The van der Waals surface area contributed by atoms with Gasteiger partial charge >= 0.3 is 5.97 Å². The predicted octanol–water partition coefficient (Wildman–Crippen LogP) is 5.20. The van der Waals surface area contributed by atoms with E-state index in [9.17, 15) is 20.1 Å². The van der Waals surface area contributed by atoms with Crippen molar-refractivity contribution in [3.63, 3.8) is 0 Å². The number of aliphatic carboxylic acids is 1. The quantitative estimate of drug-likeness (QED) is 0.314. The van der Waals surface area contributed by atoms with Gasteiger partial charge in [-0.3, -0.25) is 14.3 Å². The third-order valence-electron chi connectivity index (χ3n) is 7.65. The van der Waals surface area contributed by atoms with Crippen LogP contribution in [0.5, 0.6) is 17.5 Å². The number of aryl methyl sites for hydroxylation is 2. The van der Waals surface area contributed by atoms with Crippen molar-refractivity contribution in [3.05, 3.63) is 76.3 Å². The molecule has 0 saturated heterocycles. The smallest absolute Gasteiger partial charge is 0.305 e. The molecule has 0 spiro atoms. The van der Waals surface area contributed by atoms with Crippen LogP contribution in [0, 0.1) is 12.8 Å². The lowest BCUT2D eigenvalue weighted by molar-refractivity contribution is -0.138. The Morgan fingerprint density at radius 2 is 1.89 bits per heavy atom. The maximum absolute atomic E-state index is 11.9. The number of nitrogens with zero attached hydrogens (tertiary/aromatic N) is 2. The van der Waals surface area contributed by atoms with Crippen LogP contribution in [0.3, 0.4) is 0 Å². The monoisotopic (exact) mass is 504 g/mol. The fourth-order valence-electron chi connectivity index (χ4n) is 5.45. The molecule has 7 heteroatoms. The molecule has 7 nitrogen and oxygen atoms in total. The number of fused-ring (bicyclic) bond motifs is 1. The van der Waals surface area contributed by atoms with Crippen LogP contribution < -0.4 is 4.74 Å². The van der Waals surface area contributed by atoms with E-state index in [1.165, 1.54) is 51.8 Å². The summed E-state index contributed by atoms with van der Waals surface area (Å²) >= 11 is 0. The van der Waals surface area contributed by atoms with Gasteiger partial charge in [0.25, 0.3) is 0 Å². The summed E-state index contributed by atoms with van der Waals surface area (Å²) in [6, 6.07) is 15.5. The number of hydrogen-bond acceptors (Lipinski definition) is 5. The highest BCUT2D eigenvalue weighted by Gasteiger charge is 2.31. The van der Waals surface area contributed by atoms with E-state index in [4.69, 9.17) is 4.74 Å². The van der Waals surface area contributed by atoms with Crippen LogP contribution in [0.2, 0.25) is 0 Å². The molecule has 1 aliphatic heterocycles. The van der Waals surface area contributed by atoms with E-state index in [1.807, 2.05) is 12.1 Å². The molecule has 1 aliphatic carbocycles. The maximum Gasteiger partial charge on any atom is 0.305 e. The van der Waals surface area contributed by atoms with E-state index in [1.54, 1.807) is 0 Å². The summed E-state index contributed by atoms with van der Waals surface area (Å²) in [6.07, 6.45) is 5.00. The molecular formula is C30H36N2O5. The van der Waals surface area contributed by atoms with Crippen molar-refractivity contribution < 1.29 is 24.9 Å². The van der Waals surface area contributed by atoms with Gasteiger partial charge in [-0.2, -0.15) is 0 Å². The van der Waals surface area contributed by atoms with Gasteiger partial charge in [0.2, 0.25) is 0 Å². The number of aromatic nitrogens is 1. The normalized spacial score (nSPS) is 15.5. The Balaban J connectivity index is 1.31. The standard InChI is InChI=1S/C30H36N2O5/c1-20-15-22(6-7-23(20)3-2-13-32-28(33)10-11-29(32)34)19-31(18-21-4-5-21)26(17-30(35)36)24-8-9-27-25(16-24)12-14-37-27/h6-11,15-16,21,26,33-34H,2-5,12-14,17-19H2,1H3,(H,35,36). The highest BCUT2D eigenvalue weighted by atomic mass is 16.5. The van der Waals surface area contributed by atoms with Crippen LogP contribution >= 0.6 is 0 Å². The van der Waals surface area contributed by atoms with Crippen molar-refractivity contribution in [2.45, 2.75) is 64.6 Å². The molecule has 1 aromatic heterocycles. The minimum Gasteiger partial charge on any atom is -0.494 e. The van der Waals surface area contributed by atoms with Crippen LogP contribution in [0.25, 0.3) is 0 Å². The predicted molar refractivity (Wildman–Crippen MR) is 141 cm³/mol. The number of hydrogen-bond donors (Lipinski definition) is 3. The van der Waals surface area contributed by atoms with E-state index in [2.05, 4.69) is 36.1 Å². The third-order valence-corrected chi connectivity index (χ3v) is 7.65. The molecule has 1 unspecified atom stereocenters. The highest BCUT2D eigenvalue weighted by Crippen LogP contribution is 2.37.